The highest BCUT2D eigenvalue weighted by Gasteiger charge is 2.40. The molecule has 0 aliphatic carbocycles. The molecule has 0 N–H and O–H groups in total. The normalized spacial score (nSPS) is 29.4. The Morgan fingerprint density at radius 2 is 1.83 bits per heavy atom. The van der Waals surface area contributed by atoms with Crippen LogP contribution in [0.2, 0.25) is 0 Å². The number of amides is 1. The highest BCUT2D eigenvalue weighted by atomic mass is 19.4. The monoisotopic (exact) mass is 266 g/mol. The Hall–Kier alpha value is -0.820. The largest absolute Gasteiger partial charge is 0.389 e. The Balaban J connectivity index is 1.97. The minimum Gasteiger partial charge on any atom is -0.377 e. The molecule has 0 spiro atoms. The fraction of sp³-hybridized carbons (Fsp3) is 0.909. The van der Waals surface area contributed by atoms with E-state index < -0.39 is 24.9 Å². The number of halogens is 3. The van der Waals surface area contributed by atoms with Crippen molar-refractivity contribution < 1.29 is 22.7 Å². The van der Waals surface area contributed by atoms with E-state index in [0.717, 1.165) is 0 Å². The van der Waals surface area contributed by atoms with E-state index in [9.17, 15) is 18.0 Å². The summed E-state index contributed by atoms with van der Waals surface area (Å²) >= 11 is 0. The number of carbonyl (C=O) groups excluding carboxylic acids is 1. The topological polar surface area (TPSA) is 32.8 Å². The number of hydrogen-bond donors (Lipinski definition) is 0. The molecule has 18 heavy (non-hydrogen) atoms. The van der Waals surface area contributed by atoms with Gasteiger partial charge in [-0.2, -0.15) is 13.2 Å². The van der Waals surface area contributed by atoms with Crippen LogP contribution < -0.4 is 0 Å². The number of alkyl halides is 3. The molecule has 1 amide bonds. The quantitative estimate of drug-likeness (QED) is 0.743. The summed E-state index contributed by atoms with van der Waals surface area (Å²) in [5.74, 6) is -0.404. The highest BCUT2D eigenvalue weighted by Crippen LogP contribution is 2.25. The smallest absolute Gasteiger partial charge is 0.377 e. The third-order valence-corrected chi connectivity index (χ3v) is 3.36. The van der Waals surface area contributed by atoms with Crippen LogP contribution in [0.4, 0.5) is 13.2 Å². The van der Waals surface area contributed by atoms with E-state index in [1.54, 1.807) is 4.90 Å². The van der Waals surface area contributed by atoms with Gasteiger partial charge >= 0.3 is 6.18 Å². The third-order valence-electron chi connectivity index (χ3n) is 3.36. The summed E-state index contributed by atoms with van der Waals surface area (Å²) in [4.78, 5) is 15.6. The molecule has 2 fully saturated rings. The number of nitrogens with zero attached hydrogens (tertiary/aromatic N) is 2. The number of fused-ring (bicyclic) bond motifs is 2. The Bertz CT molecular complexity index is 308. The summed E-state index contributed by atoms with van der Waals surface area (Å²) in [5, 5.41) is 0. The molecule has 2 unspecified atom stereocenters. The maximum atomic E-state index is 12.1. The number of morpholine rings is 1. The van der Waals surface area contributed by atoms with Gasteiger partial charge in [0.05, 0.1) is 31.7 Å². The molecule has 0 aromatic carbocycles. The van der Waals surface area contributed by atoms with Gasteiger partial charge in [-0.05, 0) is 7.05 Å². The summed E-state index contributed by atoms with van der Waals surface area (Å²) in [7, 11) is 1.95. The summed E-state index contributed by atoms with van der Waals surface area (Å²) in [6.07, 6.45) is -5.77. The minimum atomic E-state index is -4.27. The zero-order valence-corrected chi connectivity index (χ0v) is 10.2. The van der Waals surface area contributed by atoms with Crippen molar-refractivity contribution in [2.75, 3.05) is 33.4 Å². The average Bonchev–Trinajstić information content (AvgIpc) is 2.23. The van der Waals surface area contributed by atoms with Crippen LogP contribution in [0.3, 0.4) is 0 Å². The lowest BCUT2D eigenvalue weighted by Gasteiger charge is -2.49. The van der Waals surface area contributed by atoms with Gasteiger partial charge in [-0.25, -0.2) is 0 Å². The van der Waals surface area contributed by atoms with Crippen molar-refractivity contribution >= 4 is 5.91 Å². The lowest BCUT2D eigenvalue weighted by molar-refractivity contribution is -0.163. The predicted molar refractivity (Wildman–Crippen MR) is 58.0 cm³/mol. The number of hydrogen-bond acceptors (Lipinski definition) is 3. The minimum absolute atomic E-state index is 0.108. The number of ether oxygens (including phenoxy) is 1. The van der Waals surface area contributed by atoms with Gasteiger partial charge in [-0.3, -0.25) is 4.79 Å². The van der Waals surface area contributed by atoms with Crippen molar-refractivity contribution in [3.05, 3.63) is 0 Å². The molecule has 0 aromatic heterocycles. The lowest BCUT2D eigenvalue weighted by Crippen LogP contribution is -2.65. The molecule has 7 heteroatoms. The van der Waals surface area contributed by atoms with Gasteiger partial charge in [0.25, 0.3) is 0 Å². The van der Waals surface area contributed by atoms with Gasteiger partial charge < -0.3 is 14.5 Å². The predicted octanol–water partition coefficient (Wildman–Crippen LogP) is 0.870. The van der Waals surface area contributed by atoms with E-state index in [1.807, 2.05) is 7.05 Å². The second-order valence-electron chi connectivity index (χ2n) is 4.98. The summed E-state index contributed by atoms with van der Waals surface area (Å²) < 4.78 is 41.8. The number of piperazine rings is 1. The van der Waals surface area contributed by atoms with E-state index in [0.29, 0.717) is 26.3 Å². The van der Waals surface area contributed by atoms with Crippen molar-refractivity contribution in [3.63, 3.8) is 0 Å². The number of carbonyl (C=O) groups is 1. The second kappa shape index (κ2) is 5.05. The zero-order valence-electron chi connectivity index (χ0n) is 10.2. The molecule has 2 saturated heterocycles. The van der Waals surface area contributed by atoms with Crippen LogP contribution in [0, 0.1) is 0 Å². The van der Waals surface area contributed by atoms with Crippen molar-refractivity contribution in [1.29, 1.82) is 0 Å². The van der Waals surface area contributed by atoms with Crippen molar-refractivity contribution in [2.45, 2.75) is 31.1 Å². The summed E-state index contributed by atoms with van der Waals surface area (Å²) in [6.45, 7) is 2.15. The van der Waals surface area contributed by atoms with Gasteiger partial charge in [-0.1, -0.05) is 0 Å². The van der Waals surface area contributed by atoms with E-state index in [4.69, 9.17) is 4.74 Å². The Morgan fingerprint density at radius 3 is 2.33 bits per heavy atom. The molecule has 2 atom stereocenters. The van der Waals surface area contributed by atoms with Gasteiger partial charge in [0.1, 0.15) is 0 Å². The first-order valence-electron chi connectivity index (χ1n) is 6.01. The van der Waals surface area contributed by atoms with Gasteiger partial charge in [0.15, 0.2) is 0 Å². The van der Waals surface area contributed by atoms with Crippen LogP contribution >= 0.6 is 0 Å². The second-order valence-corrected chi connectivity index (χ2v) is 4.98. The molecule has 104 valence electrons. The third kappa shape index (κ3) is 3.14. The van der Waals surface area contributed by atoms with Crippen LogP contribution in [0.1, 0.15) is 12.8 Å². The molecule has 0 saturated carbocycles. The van der Waals surface area contributed by atoms with Crippen molar-refractivity contribution in [2.24, 2.45) is 0 Å². The van der Waals surface area contributed by atoms with Crippen LogP contribution in [-0.4, -0.2) is 67.3 Å². The van der Waals surface area contributed by atoms with E-state index in [2.05, 4.69) is 4.90 Å². The zero-order chi connectivity index (χ0) is 13.3. The summed E-state index contributed by atoms with van der Waals surface area (Å²) in [6, 6.07) is -0.216. The highest BCUT2D eigenvalue weighted by molar-refractivity contribution is 5.77. The van der Waals surface area contributed by atoms with E-state index in [-0.39, 0.29) is 12.1 Å². The van der Waals surface area contributed by atoms with Gasteiger partial charge in [0.2, 0.25) is 5.91 Å². The fourth-order valence-corrected chi connectivity index (χ4v) is 2.66. The molecule has 2 aliphatic heterocycles. The average molecular weight is 266 g/mol. The molecular formula is C11H17F3N2O2. The van der Waals surface area contributed by atoms with Gasteiger partial charge in [0, 0.05) is 19.5 Å². The molecule has 2 aliphatic rings. The molecule has 2 rings (SSSR count). The maximum absolute atomic E-state index is 12.1. The molecule has 2 heterocycles. The Kier molecular flexibility index (Phi) is 3.82. The van der Waals surface area contributed by atoms with Crippen molar-refractivity contribution in [3.8, 4) is 0 Å². The van der Waals surface area contributed by atoms with Gasteiger partial charge in [-0.15, -0.1) is 0 Å². The van der Waals surface area contributed by atoms with E-state index >= 15 is 0 Å². The molecule has 0 radical (unpaired) electrons. The van der Waals surface area contributed by atoms with Crippen LogP contribution in [0.15, 0.2) is 0 Å². The Morgan fingerprint density at radius 1 is 1.28 bits per heavy atom. The van der Waals surface area contributed by atoms with E-state index in [1.165, 1.54) is 0 Å². The summed E-state index contributed by atoms with van der Waals surface area (Å²) in [5.41, 5.74) is 0. The fourth-order valence-electron chi connectivity index (χ4n) is 2.66. The molecule has 4 nitrogen and oxygen atoms in total. The first kappa shape index (κ1) is 13.6. The SMILES string of the molecule is CN1CC2COCC(C1)N2C(=O)CCC(F)(F)F. The van der Waals surface area contributed by atoms with Crippen molar-refractivity contribution in [1.82, 2.24) is 9.80 Å². The number of rotatable bonds is 2. The lowest BCUT2D eigenvalue weighted by atomic mass is 10.0. The van der Waals surface area contributed by atoms with Crippen LogP contribution in [0.5, 0.6) is 0 Å². The molecular weight excluding hydrogens is 249 g/mol. The maximum Gasteiger partial charge on any atom is 0.389 e. The Labute approximate surface area is 104 Å². The number of likely N-dealkylation sites (N-methyl/N-ethyl adjacent to an activating group) is 1. The van der Waals surface area contributed by atoms with Crippen LogP contribution in [-0.2, 0) is 9.53 Å². The molecule has 0 aromatic rings. The standard InChI is InChI=1S/C11H17F3N2O2/c1-15-4-8-6-18-7-9(5-15)16(8)10(17)2-3-11(12,13)14/h8-9H,2-7H2,1H3. The van der Waals surface area contributed by atoms with Crippen LogP contribution in [0.25, 0.3) is 0 Å². The first-order valence-corrected chi connectivity index (χ1v) is 6.01. The molecule has 2 bridgehead atoms. The first-order chi connectivity index (χ1) is 8.37.